The fourth-order valence-corrected chi connectivity index (χ4v) is 7.36. The average molecular weight is 618 g/mol. The fraction of sp³-hybridized carbons (Fsp3) is 0.375. The summed E-state index contributed by atoms with van der Waals surface area (Å²) in [6, 6.07) is 13.7. The van der Waals surface area contributed by atoms with Crippen molar-refractivity contribution in [2.75, 3.05) is 32.9 Å². The van der Waals surface area contributed by atoms with Gasteiger partial charge in [0.25, 0.3) is 5.91 Å². The molecule has 1 spiro atoms. The first kappa shape index (κ1) is 29.9. The summed E-state index contributed by atoms with van der Waals surface area (Å²) < 4.78 is 11.6. The highest BCUT2D eigenvalue weighted by molar-refractivity contribution is 7.10. The summed E-state index contributed by atoms with van der Waals surface area (Å²) >= 11 is 1.26. The molecule has 1 aliphatic carbocycles. The Balaban J connectivity index is 1.16. The Hall–Kier alpha value is -4.10. The molecule has 2 saturated heterocycles. The van der Waals surface area contributed by atoms with E-state index < -0.39 is 35.6 Å². The number of hydrogen-bond donors (Lipinski definition) is 5. The molecule has 11 nitrogen and oxygen atoms in total. The third kappa shape index (κ3) is 5.28. The average Bonchev–Trinajstić information content (AvgIpc) is 3.81. The largest absolute Gasteiger partial charge is 0.394 e. The van der Waals surface area contributed by atoms with E-state index in [9.17, 15) is 19.5 Å². The highest BCUT2D eigenvalue weighted by atomic mass is 32.1. The van der Waals surface area contributed by atoms with Gasteiger partial charge in [0.1, 0.15) is 11.9 Å². The molecule has 3 heterocycles. The molecule has 2 aromatic carbocycles. The van der Waals surface area contributed by atoms with Crippen molar-refractivity contribution in [3.63, 3.8) is 0 Å². The van der Waals surface area contributed by atoms with Gasteiger partial charge in [-0.15, -0.1) is 11.3 Å². The summed E-state index contributed by atoms with van der Waals surface area (Å²) in [6.07, 6.45) is 0.111. The van der Waals surface area contributed by atoms with Crippen molar-refractivity contribution in [3.05, 3.63) is 81.0 Å². The summed E-state index contributed by atoms with van der Waals surface area (Å²) in [5, 5.41) is 24.9. The van der Waals surface area contributed by atoms with Crippen molar-refractivity contribution in [2.45, 2.75) is 43.6 Å². The first-order valence-corrected chi connectivity index (χ1v) is 15.3. The highest BCUT2D eigenvalue weighted by Gasteiger charge is 2.52. The maximum Gasteiger partial charge on any atom is 0.251 e. The Morgan fingerprint density at radius 2 is 1.82 bits per heavy atom. The normalized spacial score (nSPS) is 19.8. The number of thiophene rings is 1. The van der Waals surface area contributed by atoms with Crippen LogP contribution in [0, 0.1) is 5.41 Å². The van der Waals surface area contributed by atoms with Gasteiger partial charge in [0.05, 0.1) is 39.0 Å². The Morgan fingerprint density at radius 3 is 2.52 bits per heavy atom. The Bertz CT molecular complexity index is 1650. The molecule has 3 aliphatic rings. The van der Waals surface area contributed by atoms with Gasteiger partial charge in [-0.05, 0) is 40.5 Å². The van der Waals surface area contributed by atoms with E-state index >= 15 is 0 Å². The second-order valence-electron chi connectivity index (χ2n) is 11.9. The standard InChI is InChI=1S/C32H35N5O6S/c1-31(2)22-6-4-3-5-20(22)21-11-18(7-8-23(21)31)29(40)35-14-27(39)37-17-32(42-9-10-43-32)13-25(37)30(41)36-24(15-38)26-12-19(16-44-26)28(33)34/h3-8,11-12,16,24-25,38H,9-10,13-15,17H2,1-2H3,(H3,33,34)(H,35,40)(H,36,41)/t24-,25?/m1/s1. The van der Waals surface area contributed by atoms with Crippen molar-refractivity contribution < 1.29 is 29.0 Å². The third-order valence-corrected chi connectivity index (χ3v) is 9.79. The number of hydrogen-bond acceptors (Lipinski definition) is 8. The summed E-state index contributed by atoms with van der Waals surface area (Å²) in [6.45, 7) is 4.32. The predicted molar refractivity (Wildman–Crippen MR) is 164 cm³/mol. The van der Waals surface area contributed by atoms with E-state index in [0.717, 1.165) is 16.7 Å². The smallest absolute Gasteiger partial charge is 0.251 e. The predicted octanol–water partition coefficient (Wildman–Crippen LogP) is 2.26. The maximum absolute atomic E-state index is 13.5. The van der Waals surface area contributed by atoms with Crippen LogP contribution in [-0.2, 0) is 24.5 Å². The van der Waals surface area contributed by atoms with Crippen LogP contribution >= 0.6 is 11.3 Å². The van der Waals surface area contributed by atoms with Gasteiger partial charge < -0.3 is 35.8 Å². The van der Waals surface area contributed by atoms with E-state index in [1.807, 2.05) is 24.3 Å². The highest BCUT2D eigenvalue weighted by Crippen LogP contribution is 2.48. The van der Waals surface area contributed by atoms with E-state index in [4.69, 9.17) is 20.6 Å². The number of carbonyl (C=O) groups is 3. The molecule has 3 aromatic rings. The molecule has 0 bridgehead atoms. The molecule has 3 amide bonds. The SMILES string of the molecule is CC1(C)c2ccccc2-c2cc(C(=O)NCC(=O)N3CC4(CC3C(=O)N[C@H](CO)c3cc(C(=N)N)cs3)OCCO4)ccc21. The number of fused-ring (bicyclic) bond motifs is 3. The summed E-state index contributed by atoms with van der Waals surface area (Å²) in [4.78, 5) is 42.3. The van der Waals surface area contributed by atoms with Gasteiger partial charge in [0.2, 0.25) is 11.8 Å². The van der Waals surface area contributed by atoms with Crippen LogP contribution < -0.4 is 16.4 Å². The number of ether oxygens (including phenoxy) is 2. The molecule has 6 N–H and O–H groups in total. The lowest BCUT2D eigenvalue weighted by Crippen LogP contribution is -2.50. The zero-order valence-electron chi connectivity index (χ0n) is 24.5. The molecule has 1 aromatic heterocycles. The first-order valence-electron chi connectivity index (χ1n) is 14.5. The van der Waals surface area contributed by atoms with Gasteiger partial charge in [0, 0.05) is 33.2 Å². The molecule has 0 saturated carbocycles. The molecule has 230 valence electrons. The second-order valence-corrected chi connectivity index (χ2v) is 12.8. The van der Waals surface area contributed by atoms with E-state index in [-0.39, 0.29) is 37.4 Å². The molecule has 6 rings (SSSR count). The van der Waals surface area contributed by atoms with Crippen LogP contribution in [0.25, 0.3) is 11.1 Å². The van der Waals surface area contributed by atoms with Crippen LogP contribution in [0.3, 0.4) is 0 Å². The molecule has 44 heavy (non-hydrogen) atoms. The minimum absolute atomic E-state index is 0.0295. The third-order valence-electron chi connectivity index (χ3n) is 8.75. The molecular weight excluding hydrogens is 582 g/mol. The van der Waals surface area contributed by atoms with Gasteiger partial charge in [-0.25, -0.2) is 0 Å². The van der Waals surface area contributed by atoms with Gasteiger partial charge in [0.15, 0.2) is 5.79 Å². The van der Waals surface area contributed by atoms with E-state index in [2.05, 4.69) is 36.6 Å². The zero-order valence-corrected chi connectivity index (χ0v) is 25.3. The number of aliphatic hydroxyl groups is 1. The minimum atomic E-state index is -1.11. The molecule has 0 radical (unpaired) electrons. The number of carbonyl (C=O) groups excluding carboxylic acids is 3. The van der Waals surface area contributed by atoms with Crippen molar-refractivity contribution in [2.24, 2.45) is 5.73 Å². The summed E-state index contributed by atoms with van der Waals surface area (Å²) in [7, 11) is 0. The van der Waals surface area contributed by atoms with Crippen molar-refractivity contribution in [3.8, 4) is 11.1 Å². The van der Waals surface area contributed by atoms with Gasteiger partial charge in [-0.2, -0.15) is 0 Å². The monoisotopic (exact) mass is 617 g/mol. The zero-order chi connectivity index (χ0) is 31.2. The Labute approximate surface area is 258 Å². The number of nitrogens with one attached hydrogen (secondary N) is 3. The van der Waals surface area contributed by atoms with Crippen LogP contribution in [0.15, 0.2) is 53.9 Å². The van der Waals surface area contributed by atoms with Gasteiger partial charge in [-0.1, -0.05) is 44.2 Å². The number of rotatable bonds is 8. The molecular formula is C32H35N5O6S. The van der Waals surface area contributed by atoms with Crippen LogP contribution in [-0.4, -0.2) is 78.3 Å². The number of nitrogens with two attached hydrogens (primary N) is 1. The van der Waals surface area contributed by atoms with Crippen molar-refractivity contribution in [1.82, 2.24) is 15.5 Å². The quantitative estimate of drug-likeness (QED) is 0.191. The van der Waals surface area contributed by atoms with Crippen LogP contribution in [0.4, 0.5) is 0 Å². The molecule has 1 unspecified atom stereocenters. The number of nitrogen functional groups attached to an aromatic ring is 1. The number of aliphatic hydroxyl groups excluding tert-OH is 1. The van der Waals surface area contributed by atoms with Gasteiger partial charge >= 0.3 is 0 Å². The second kappa shape index (κ2) is 11.4. The lowest BCUT2D eigenvalue weighted by molar-refractivity contribution is -0.152. The molecule has 2 atom stereocenters. The number of amidine groups is 1. The van der Waals surface area contributed by atoms with Crippen molar-refractivity contribution in [1.29, 1.82) is 5.41 Å². The minimum Gasteiger partial charge on any atom is -0.394 e. The maximum atomic E-state index is 13.5. The number of likely N-dealkylation sites (tertiary alicyclic amines) is 1. The topological polar surface area (TPSA) is 167 Å². The summed E-state index contributed by atoms with van der Waals surface area (Å²) in [5.74, 6) is -2.57. The number of benzene rings is 2. The fourth-order valence-electron chi connectivity index (χ4n) is 6.41. The lowest BCUT2D eigenvalue weighted by Gasteiger charge is -2.25. The van der Waals surface area contributed by atoms with E-state index in [1.54, 1.807) is 17.5 Å². The van der Waals surface area contributed by atoms with Crippen LogP contribution in [0.5, 0.6) is 0 Å². The lowest BCUT2D eigenvalue weighted by atomic mass is 9.82. The number of amides is 3. The van der Waals surface area contributed by atoms with Gasteiger partial charge in [-0.3, -0.25) is 19.8 Å². The Kier molecular flexibility index (Phi) is 7.78. The summed E-state index contributed by atoms with van der Waals surface area (Å²) in [5.41, 5.74) is 10.7. The molecule has 12 heteroatoms. The van der Waals surface area contributed by atoms with Crippen molar-refractivity contribution >= 4 is 34.9 Å². The van der Waals surface area contributed by atoms with Crippen LogP contribution in [0.2, 0.25) is 0 Å². The van der Waals surface area contributed by atoms with E-state index in [1.165, 1.54) is 21.8 Å². The van der Waals surface area contributed by atoms with Crippen LogP contribution in [0.1, 0.15) is 58.2 Å². The Morgan fingerprint density at radius 1 is 1.09 bits per heavy atom. The van der Waals surface area contributed by atoms with E-state index in [0.29, 0.717) is 29.2 Å². The first-order chi connectivity index (χ1) is 21.0. The molecule has 2 fully saturated rings. The number of nitrogens with zero attached hydrogens (tertiary/aromatic N) is 1. The molecule has 2 aliphatic heterocycles.